The summed E-state index contributed by atoms with van der Waals surface area (Å²) in [6, 6.07) is 9.42. The average Bonchev–Trinajstić information content (AvgIpc) is 2.66. The van der Waals surface area contributed by atoms with E-state index in [-0.39, 0.29) is 5.56 Å². The summed E-state index contributed by atoms with van der Waals surface area (Å²) in [5.74, 6) is -3.08. The van der Waals surface area contributed by atoms with Gasteiger partial charge in [-0.05, 0) is 42.8 Å². The maximum Gasteiger partial charge on any atom is 0.275 e. The summed E-state index contributed by atoms with van der Waals surface area (Å²) in [5, 5.41) is 0. The lowest BCUT2D eigenvalue weighted by molar-refractivity contribution is 0.0841. The summed E-state index contributed by atoms with van der Waals surface area (Å²) in [6.45, 7) is 2.75. The minimum atomic E-state index is -1.08. The number of carbonyl (C=O) groups is 2. The summed E-state index contributed by atoms with van der Waals surface area (Å²) in [5.41, 5.74) is 3.63. The van der Waals surface area contributed by atoms with Crippen molar-refractivity contribution in [2.24, 2.45) is 0 Å². The Bertz CT molecular complexity index is 759. The first-order chi connectivity index (χ1) is 13.0. The molecule has 0 aliphatic carbocycles. The van der Waals surface area contributed by atoms with Crippen LogP contribution in [0.1, 0.15) is 53.3 Å². The van der Waals surface area contributed by atoms with Gasteiger partial charge < -0.3 is 4.74 Å². The number of unbranched alkanes of at least 4 members (excludes halogenated alkanes) is 3. The first-order valence-corrected chi connectivity index (χ1v) is 8.80. The summed E-state index contributed by atoms with van der Waals surface area (Å²) in [7, 11) is 0. The fourth-order valence-corrected chi connectivity index (χ4v) is 2.38. The van der Waals surface area contributed by atoms with Crippen LogP contribution >= 0.6 is 0 Å². The Kier molecular flexibility index (Phi) is 7.73. The highest BCUT2D eigenvalue weighted by Gasteiger charge is 2.17. The predicted octanol–water partition coefficient (Wildman–Crippen LogP) is 4.00. The van der Waals surface area contributed by atoms with Crippen molar-refractivity contribution in [3.63, 3.8) is 0 Å². The molecule has 5 nitrogen and oxygen atoms in total. The number of hydrogen-bond donors (Lipinski definition) is 2. The van der Waals surface area contributed by atoms with Gasteiger partial charge in [0.1, 0.15) is 22.9 Å². The van der Waals surface area contributed by atoms with Crippen LogP contribution in [-0.2, 0) is 0 Å². The highest BCUT2D eigenvalue weighted by Crippen LogP contribution is 2.14. The Labute approximate surface area is 156 Å². The summed E-state index contributed by atoms with van der Waals surface area (Å²) < 4.78 is 32.7. The van der Waals surface area contributed by atoms with E-state index >= 15 is 0 Å². The Balaban J connectivity index is 1.84. The van der Waals surface area contributed by atoms with Crippen molar-refractivity contribution in [2.45, 2.75) is 32.6 Å². The van der Waals surface area contributed by atoms with Gasteiger partial charge in [-0.15, -0.1) is 0 Å². The van der Waals surface area contributed by atoms with Crippen LogP contribution in [-0.4, -0.2) is 18.4 Å². The van der Waals surface area contributed by atoms with Crippen LogP contribution in [0.15, 0.2) is 42.5 Å². The molecule has 7 heteroatoms. The summed E-state index contributed by atoms with van der Waals surface area (Å²) in [6.07, 6.45) is 4.41. The van der Waals surface area contributed by atoms with E-state index in [9.17, 15) is 18.4 Å². The number of carbonyl (C=O) groups excluding carboxylic acids is 2. The molecule has 0 unspecified atom stereocenters. The first-order valence-electron chi connectivity index (χ1n) is 8.80. The van der Waals surface area contributed by atoms with Gasteiger partial charge in [-0.3, -0.25) is 20.4 Å². The second-order valence-corrected chi connectivity index (χ2v) is 5.94. The fraction of sp³-hybridized carbons (Fsp3) is 0.300. The van der Waals surface area contributed by atoms with E-state index in [1.54, 1.807) is 12.1 Å². The van der Waals surface area contributed by atoms with Gasteiger partial charge in [0.05, 0.1) is 6.61 Å². The van der Waals surface area contributed by atoms with Gasteiger partial charge >= 0.3 is 0 Å². The van der Waals surface area contributed by atoms with Gasteiger partial charge in [0.25, 0.3) is 11.8 Å². The van der Waals surface area contributed by atoms with E-state index in [1.165, 1.54) is 18.6 Å². The van der Waals surface area contributed by atoms with Gasteiger partial charge in [-0.25, -0.2) is 8.78 Å². The van der Waals surface area contributed by atoms with Gasteiger partial charge in [0.2, 0.25) is 0 Å². The van der Waals surface area contributed by atoms with Crippen LogP contribution < -0.4 is 15.6 Å². The SMILES string of the molecule is CCCCCCOc1ccc(C(=O)NNC(=O)c2c(F)cccc2F)cc1. The number of ether oxygens (including phenoxy) is 1. The molecular weight excluding hydrogens is 354 g/mol. The lowest BCUT2D eigenvalue weighted by Crippen LogP contribution is -2.42. The Morgan fingerprint density at radius 1 is 0.889 bits per heavy atom. The van der Waals surface area contributed by atoms with Crippen LogP contribution in [0.25, 0.3) is 0 Å². The number of hydrazine groups is 1. The van der Waals surface area contributed by atoms with Crippen LogP contribution in [0.5, 0.6) is 5.75 Å². The van der Waals surface area contributed by atoms with E-state index in [2.05, 4.69) is 12.3 Å². The van der Waals surface area contributed by atoms with E-state index in [0.29, 0.717) is 12.4 Å². The van der Waals surface area contributed by atoms with Gasteiger partial charge in [-0.1, -0.05) is 32.3 Å². The first kappa shape index (κ1) is 20.4. The van der Waals surface area contributed by atoms with Gasteiger partial charge in [0, 0.05) is 5.56 Å². The van der Waals surface area contributed by atoms with Gasteiger partial charge in [0.15, 0.2) is 0 Å². The average molecular weight is 376 g/mol. The summed E-state index contributed by atoms with van der Waals surface area (Å²) >= 11 is 0. The van der Waals surface area contributed by atoms with Crippen molar-refractivity contribution < 1.29 is 23.1 Å². The molecule has 0 saturated heterocycles. The number of amides is 2. The van der Waals surface area contributed by atoms with Crippen molar-refractivity contribution in [1.82, 2.24) is 10.9 Å². The molecule has 0 saturated carbocycles. The van der Waals surface area contributed by atoms with Crippen LogP contribution in [0.4, 0.5) is 8.78 Å². The zero-order valence-electron chi connectivity index (χ0n) is 15.1. The smallest absolute Gasteiger partial charge is 0.275 e. The monoisotopic (exact) mass is 376 g/mol. The molecule has 2 aromatic carbocycles. The number of benzene rings is 2. The van der Waals surface area contributed by atoms with Crippen molar-refractivity contribution in [1.29, 1.82) is 0 Å². The van der Waals surface area contributed by atoms with E-state index in [0.717, 1.165) is 37.5 Å². The molecule has 0 aromatic heterocycles. The number of nitrogens with one attached hydrogen (secondary N) is 2. The molecule has 0 aliphatic rings. The molecule has 2 rings (SSSR count). The minimum absolute atomic E-state index is 0.266. The molecule has 0 bridgehead atoms. The van der Waals surface area contributed by atoms with Crippen molar-refractivity contribution in [2.75, 3.05) is 6.61 Å². The molecular formula is C20H22F2N2O3. The third-order valence-corrected chi connectivity index (χ3v) is 3.86. The molecule has 0 fully saturated rings. The lowest BCUT2D eigenvalue weighted by atomic mass is 10.2. The Morgan fingerprint density at radius 3 is 2.15 bits per heavy atom. The van der Waals surface area contributed by atoms with Crippen molar-refractivity contribution >= 4 is 11.8 Å². The third kappa shape index (κ3) is 6.06. The second-order valence-electron chi connectivity index (χ2n) is 5.94. The number of rotatable bonds is 8. The highest BCUT2D eigenvalue weighted by atomic mass is 19.1. The van der Waals surface area contributed by atoms with Crippen molar-refractivity contribution in [3.05, 3.63) is 65.2 Å². The standard InChI is InChI=1S/C20H22F2N2O3/c1-2-3-4-5-13-27-15-11-9-14(10-12-15)19(25)23-24-20(26)18-16(21)7-6-8-17(18)22/h6-12H,2-5,13H2,1H3,(H,23,25)(H,24,26). The Morgan fingerprint density at radius 2 is 1.52 bits per heavy atom. The quantitative estimate of drug-likeness (QED) is 0.541. The molecule has 0 radical (unpaired) electrons. The predicted molar refractivity (Wildman–Crippen MR) is 97.4 cm³/mol. The number of halogens is 2. The van der Waals surface area contributed by atoms with Crippen LogP contribution in [0.3, 0.4) is 0 Å². The van der Waals surface area contributed by atoms with E-state index in [4.69, 9.17) is 4.74 Å². The molecule has 144 valence electrons. The van der Waals surface area contributed by atoms with Gasteiger partial charge in [-0.2, -0.15) is 0 Å². The molecule has 27 heavy (non-hydrogen) atoms. The maximum atomic E-state index is 13.5. The molecule has 0 spiro atoms. The fourth-order valence-electron chi connectivity index (χ4n) is 2.38. The van der Waals surface area contributed by atoms with E-state index < -0.39 is 29.0 Å². The molecule has 0 aliphatic heterocycles. The second kappa shape index (κ2) is 10.3. The molecule has 2 amide bonds. The Hall–Kier alpha value is -2.96. The van der Waals surface area contributed by atoms with Crippen LogP contribution in [0.2, 0.25) is 0 Å². The lowest BCUT2D eigenvalue weighted by Gasteiger charge is -2.10. The molecule has 0 atom stereocenters. The minimum Gasteiger partial charge on any atom is -0.494 e. The molecule has 2 aromatic rings. The maximum absolute atomic E-state index is 13.5. The van der Waals surface area contributed by atoms with E-state index in [1.807, 2.05) is 5.43 Å². The normalized spacial score (nSPS) is 10.3. The zero-order chi connectivity index (χ0) is 19.6. The number of hydrogen-bond acceptors (Lipinski definition) is 3. The van der Waals surface area contributed by atoms with Crippen LogP contribution in [0, 0.1) is 11.6 Å². The molecule has 2 N–H and O–H groups in total. The summed E-state index contributed by atoms with van der Waals surface area (Å²) in [4.78, 5) is 23.9. The largest absolute Gasteiger partial charge is 0.494 e. The van der Waals surface area contributed by atoms with Crippen molar-refractivity contribution in [3.8, 4) is 5.75 Å². The molecule has 0 heterocycles. The third-order valence-electron chi connectivity index (χ3n) is 3.86. The highest BCUT2D eigenvalue weighted by molar-refractivity contribution is 5.99. The topological polar surface area (TPSA) is 67.4 Å². The zero-order valence-corrected chi connectivity index (χ0v) is 15.1.